The Kier molecular flexibility index (Phi) is 2.98. The Morgan fingerprint density at radius 3 is 2.69 bits per heavy atom. The first-order valence-electron chi connectivity index (χ1n) is 3.17. The van der Waals surface area contributed by atoms with Crippen molar-refractivity contribution in [3.8, 4) is 6.07 Å². The normalized spacial score (nSPS) is 10.1. The molecular weight excluding hydrogens is 293 g/mol. The van der Waals surface area contributed by atoms with Crippen LogP contribution in [0, 0.1) is 14.9 Å². The van der Waals surface area contributed by atoms with E-state index in [2.05, 4.69) is 0 Å². The highest BCUT2D eigenvalue weighted by Crippen LogP contribution is 2.21. The summed E-state index contributed by atoms with van der Waals surface area (Å²) in [6.07, 6.45) is -2.84. The van der Waals surface area contributed by atoms with Gasteiger partial charge in [0.1, 0.15) is 11.8 Å². The Hall–Kier alpha value is -0.970. The van der Waals surface area contributed by atoms with Crippen molar-refractivity contribution in [2.75, 3.05) is 0 Å². The Balaban J connectivity index is 3.50. The molecule has 0 aliphatic carbocycles. The number of halogens is 3. The van der Waals surface area contributed by atoms with Crippen molar-refractivity contribution in [1.29, 1.82) is 5.26 Å². The van der Waals surface area contributed by atoms with Crippen molar-refractivity contribution in [2.24, 2.45) is 0 Å². The monoisotopic (exact) mass is 296 g/mol. The van der Waals surface area contributed by atoms with Crippen LogP contribution in [0.2, 0.25) is 0 Å². The molecule has 0 atom stereocenters. The number of hydrogen-bond acceptors (Lipinski definition) is 2. The van der Waals surface area contributed by atoms with Crippen molar-refractivity contribution >= 4 is 22.6 Å². The predicted octanol–water partition coefficient (Wildman–Crippen LogP) is 1.79. The Bertz CT molecular complexity index is 421. The zero-order chi connectivity index (χ0) is 10.0. The van der Waals surface area contributed by atoms with Gasteiger partial charge < -0.3 is 4.98 Å². The van der Waals surface area contributed by atoms with Crippen LogP contribution in [-0.2, 0) is 0 Å². The molecule has 0 bridgehead atoms. The Labute approximate surface area is 85.5 Å². The van der Waals surface area contributed by atoms with Gasteiger partial charge in [-0.05, 0) is 22.6 Å². The van der Waals surface area contributed by atoms with E-state index in [1.165, 1.54) is 0 Å². The lowest BCUT2D eigenvalue weighted by Crippen LogP contribution is -2.11. The summed E-state index contributed by atoms with van der Waals surface area (Å²) >= 11 is 1.67. The maximum atomic E-state index is 12.2. The van der Waals surface area contributed by atoms with E-state index in [-0.39, 0.29) is 9.13 Å². The number of rotatable bonds is 1. The topological polar surface area (TPSA) is 56.6 Å². The van der Waals surface area contributed by atoms with Crippen LogP contribution in [0.5, 0.6) is 0 Å². The first-order chi connectivity index (χ1) is 6.06. The molecule has 1 aromatic rings. The number of nitrogens with zero attached hydrogens (tertiary/aromatic N) is 1. The van der Waals surface area contributed by atoms with E-state index in [1.807, 2.05) is 4.98 Å². The van der Waals surface area contributed by atoms with E-state index < -0.39 is 17.7 Å². The van der Waals surface area contributed by atoms with E-state index in [0.29, 0.717) is 0 Å². The molecule has 68 valence electrons. The Morgan fingerprint density at radius 2 is 2.23 bits per heavy atom. The second-order valence-corrected chi connectivity index (χ2v) is 3.34. The fraction of sp³-hybridized carbons (Fsp3) is 0.143. The standard InChI is InChI=1S/C7H3F2IN2O/c8-7(9)6-3(2-11)4(10)1-5(13)12-6/h1,7H,(H,12,13). The molecular formula is C7H3F2IN2O. The minimum absolute atomic E-state index is 0.171. The minimum atomic E-state index is -2.84. The summed E-state index contributed by atoms with van der Waals surface area (Å²) in [5, 5.41) is 8.53. The minimum Gasteiger partial charge on any atom is -0.320 e. The van der Waals surface area contributed by atoms with Crippen LogP contribution in [0.15, 0.2) is 10.9 Å². The van der Waals surface area contributed by atoms with Crippen LogP contribution in [0.25, 0.3) is 0 Å². The third-order valence-corrected chi connectivity index (χ3v) is 2.20. The molecule has 0 unspecified atom stereocenters. The molecule has 0 saturated heterocycles. The SMILES string of the molecule is N#Cc1c(I)cc(=O)[nH]c1C(F)F. The van der Waals surface area contributed by atoms with Crippen LogP contribution in [-0.4, -0.2) is 4.98 Å². The van der Waals surface area contributed by atoms with Crippen LogP contribution in [0.4, 0.5) is 8.78 Å². The summed E-state index contributed by atoms with van der Waals surface area (Å²) < 4.78 is 24.7. The lowest BCUT2D eigenvalue weighted by atomic mass is 10.2. The summed E-state index contributed by atoms with van der Waals surface area (Å²) in [7, 11) is 0. The van der Waals surface area contributed by atoms with Crippen LogP contribution >= 0.6 is 22.6 Å². The van der Waals surface area contributed by atoms with Gasteiger partial charge in [0.15, 0.2) is 0 Å². The van der Waals surface area contributed by atoms with Crippen LogP contribution < -0.4 is 5.56 Å². The molecule has 0 amide bonds. The van der Waals surface area contributed by atoms with Crippen molar-refractivity contribution in [3.05, 3.63) is 31.2 Å². The lowest BCUT2D eigenvalue weighted by Gasteiger charge is -2.02. The molecule has 13 heavy (non-hydrogen) atoms. The molecule has 0 spiro atoms. The summed E-state index contributed by atoms with van der Waals surface area (Å²) in [5.74, 6) is 0. The zero-order valence-electron chi connectivity index (χ0n) is 6.14. The van der Waals surface area contributed by atoms with Crippen molar-refractivity contribution in [2.45, 2.75) is 6.43 Å². The van der Waals surface area contributed by atoms with Crippen molar-refractivity contribution < 1.29 is 8.78 Å². The smallest absolute Gasteiger partial charge is 0.279 e. The van der Waals surface area contributed by atoms with E-state index in [9.17, 15) is 13.6 Å². The van der Waals surface area contributed by atoms with Crippen molar-refractivity contribution in [1.82, 2.24) is 4.98 Å². The first kappa shape index (κ1) is 10.1. The second-order valence-electron chi connectivity index (χ2n) is 2.18. The first-order valence-corrected chi connectivity index (χ1v) is 4.25. The van der Waals surface area contributed by atoms with E-state index >= 15 is 0 Å². The van der Waals surface area contributed by atoms with Gasteiger partial charge in [-0.3, -0.25) is 4.79 Å². The summed E-state index contributed by atoms with van der Waals surface area (Å²) in [5.41, 5.74) is -1.41. The number of hydrogen-bond donors (Lipinski definition) is 1. The van der Waals surface area contributed by atoms with Crippen LogP contribution in [0.1, 0.15) is 17.7 Å². The van der Waals surface area contributed by atoms with Gasteiger partial charge in [0.05, 0.1) is 5.56 Å². The number of aromatic amines is 1. The molecule has 1 rings (SSSR count). The third kappa shape index (κ3) is 2.03. The highest BCUT2D eigenvalue weighted by molar-refractivity contribution is 14.1. The fourth-order valence-corrected chi connectivity index (χ4v) is 1.52. The Morgan fingerprint density at radius 1 is 1.62 bits per heavy atom. The average molecular weight is 296 g/mol. The predicted molar refractivity (Wildman–Crippen MR) is 49.5 cm³/mol. The molecule has 6 heteroatoms. The highest BCUT2D eigenvalue weighted by Gasteiger charge is 2.16. The molecule has 1 N–H and O–H groups in total. The maximum absolute atomic E-state index is 12.2. The third-order valence-electron chi connectivity index (χ3n) is 1.35. The van der Waals surface area contributed by atoms with Gasteiger partial charge in [-0.15, -0.1) is 0 Å². The average Bonchev–Trinajstić information content (AvgIpc) is 2.02. The van der Waals surface area contributed by atoms with Gasteiger partial charge in [0.25, 0.3) is 6.43 Å². The highest BCUT2D eigenvalue weighted by atomic mass is 127. The molecule has 0 radical (unpaired) electrons. The van der Waals surface area contributed by atoms with Gasteiger partial charge >= 0.3 is 0 Å². The van der Waals surface area contributed by atoms with E-state index in [1.54, 1.807) is 28.7 Å². The summed E-state index contributed by atoms with van der Waals surface area (Å²) in [4.78, 5) is 12.7. The number of nitriles is 1. The second kappa shape index (κ2) is 3.83. The number of alkyl halides is 2. The molecule has 0 aromatic carbocycles. The largest absolute Gasteiger partial charge is 0.320 e. The molecule has 0 aliphatic rings. The zero-order valence-corrected chi connectivity index (χ0v) is 8.30. The van der Waals surface area contributed by atoms with Gasteiger partial charge in [0, 0.05) is 9.64 Å². The number of H-pyrrole nitrogens is 1. The fourth-order valence-electron chi connectivity index (χ4n) is 0.825. The summed E-state index contributed by atoms with van der Waals surface area (Å²) in [6.45, 7) is 0. The van der Waals surface area contributed by atoms with Gasteiger partial charge in [-0.1, -0.05) is 0 Å². The molecule has 1 aromatic heterocycles. The quantitative estimate of drug-likeness (QED) is 0.803. The van der Waals surface area contributed by atoms with E-state index in [4.69, 9.17) is 5.26 Å². The van der Waals surface area contributed by atoms with E-state index in [0.717, 1.165) is 6.07 Å². The maximum Gasteiger partial charge on any atom is 0.279 e. The lowest BCUT2D eigenvalue weighted by molar-refractivity contribution is 0.145. The number of aromatic nitrogens is 1. The molecule has 3 nitrogen and oxygen atoms in total. The van der Waals surface area contributed by atoms with Gasteiger partial charge in [0.2, 0.25) is 5.56 Å². The van der Waals surface area contributed by atoms with Crippen LogP contribution in [0.3, 0.4) is 0 Å². The summed E-state index contributed by atoms with van der Waals surface area (Å²) in [6, 6.07) is 2.72. The van der Waals surface area contributed by atoms with Crippen molar-refractivity contribution in [3.63, 3.8) is 0 Å². The number of nitrogens with one attached hydrogen (secondary N) is 1. The van der Waals surface area contributed by atoms with Gasteiger partial charge in [-0.25, -0.2) is 8.78 Å². The molecule has 0 fully saturated rings. The molecule has 0 saturated carbocycles. The number of pyridine rings is 1. The van der Waals surface area contributed by atoms with Gasteiger partial charge in [-0.2, -0.15) is 5.26 Å². The molecule has 1 heterocycles. The molecule has 0 aliphatic heterocycles.